The lowest BCUT2D eigenvalue weighted by Gasteiger charge is -2.37. The molecule has 15 heteroatoms. The van der Waals surface area contributed by atoms with Gasteiger partial charge in [-0.3, -0.25) is 28.7 Å². The number of hydrogen-bond donors (Lipinski definition) is 2. The van der Waals surface area contributed by atoms with Gasteiger partial charge < -0.3 is 24.4 Å². The number of para-hydroxylation sites is 1. The maximum Gasteiger partial charge on any atom is 0.355 e. The number of hydrogen-bond acceptors (Lipinski definition) is 9. The largest absolute Gasteiger partial charge is 0.465 e. The van der Waals surface area contributed by atoms with Crippen molar-refractivity contribution in [2.24, 2.45) is 0 Å². The van der Waals surface area contributed by atoms with Crippen LogP contribution in [0.25, 0.3) is 10.1 Å². The summed E-state index contributed by atoms with van der Waals surface area (Å²) in [5.41, 5.74) is 1.02. The number of fused-ring (bicyclic) bond motifs is 2. The molecule has 1 aliphatic carbocycles. The Bertz CT molecular complexity index is 2240. The summed E-state index contributed by atoms with van der Waals surface area (Å²) in [5.74, 6) is -3.13. The average molecular weight is 844 g/mol. The first-order valence-corrected chi connectivity index (χ1v) is 23.3. The van der Waals surface area contributed by atoms with Crippen LogP contribution in [-0.2, 0) is 23.7 Å². The van der Waals surface area contributed by atoms with Crippen LogP contribution in [0.3, 0.4) is 0 Å². The quantitative estimate of drug-likeness (QED) is 0.101. The zero-order valence-electron chi connectivity index (χ0n) is 33.4. The maximum absolute atomic E-state index is 16.5. The summed E-state index contributed by atoms with van der Waals surface area (Å²) < 4.78 is 42.5. The predicted molar refractivity (Wildman–Crippen MR) is 223 cm³/mol. The zero-order chi connectivity index (χ0) is 41.3. The molecule has 4 aliphatic rings. The van der Waals surface area contributed by atoms with Crippen molar-refractivity contribution in [3.63, 3.8) is 0 Å². The molecule has 7 atom stereocenters. The van der Waals surface area contributed by atoms with Crippen LogP contribution in [0.15, 0.2) is 79.1 Å². The molecule has 12 nitrogen and oxygen atoms in total. The van der Waals surface area contributed by atoms with E-state index in [-0.39, 0.29) is 47.2 Å². The van der Waals surface area contributed by atoms with Crippen molar-refractivity contribution in [2.45, 2.75) is 120 Å². The van der Waals surface area contributed by atoms with E-state index in [4.69, 9.17) is 9.26 Å². The third kappa shape index (κ3) is 8.54. The number of pyridine rings is 1. The zero-order valence-corrected chi connectivity index (χ0v) is 35.1. The van der Waals surface area contributed by atoms with Gasteiger partial charge in [-0.1, -0.05) is 50.1 Å². The molecule has 2 N–H and O–H groups in total. The number of benzene rings is 2. The van der Waals surface area contributed by atoms with Crippen molar-refractivity contribution < 1.29 is 37.4 Å². The molecule has 8 rings (SSSR count). The third-order valence-electron chi connectivity index (χ3n) is 12.3. The number of amides is 3. The van der Waals surface area contributed by atoms with Gasteiger partial charge in [-0.25, -0.2) is 9.48 Å². The Labute approximate surface area is 347 Å². The van der Waals surface area contributed by atoms with E-state index in [9.17, 15) is 23.7 Å². The molecule has 2 aromatic heterocycles. The van der Waals surface area contributed by atoms with Gasteiger partial charge in [-0.2, -0.15) is 0 Å². The number of ether oxygens (including phenoxy) is 1. The summed E-state index contributed by atoms with van der Waals surface area (Å²) in [5, 5.41) is 6.14. The normalized spacial score (nSPS) is 24.4. The van der Waals surface area contributed by atoms with E-state index in [0.717, 1.165) is 50.5 Å². The third-order valence-corrected chi connectivity index (χ3v) is 15.5. The van der Waals surface area contributed by atoms with Crippen LogP contribution in [-0.4, -0.2) is 81.3 Å². The number of halogens is 1. The highest BCUT2D eigenvalue weighted by Gasteiger charge is 2.58. The predicted octanol–water partition coefficient (Wildman–Crippen LogP) is 8.05. The minimum Gasteiger partial charge on any atom is -0.465 e. The molecule has 3 aliphatic heterocycles. The highest BCUT2D eigenvalue weighted by molar-refractivity contribution is 7.57. The number of esters is 1. The highest BCUT2D eigenvalue weighted by Crippen LogP contribution is 2.58. The molecule has 0 bridgehead atoms. The monoisotopic (exact) mass is 843 g/mol. The van der Waals surface area contributed by atoms with E-state index in [0.29, 0.717) is 40.8 Å². The Morgan fingerprint density at radius 1 is 1.03 bits per heavy atom. The fourth-order valence-electron chi connectivity index (χ4n) is 9.09. The molecule has 5 heterocycles. The minimum atomic E-state index is -4.44. The minimum absolute atomic E-state index is 0.0154. The molecule has 4 fully saturated rings. The highest BCUT2D eigenvalue weighted by atomic mass is 32.1. The fourth-order valence-corrected chi connectivity index (χ4v) is 11.9. The molecule has 4 aromatic rings. The smallest absolute Gasteiger partial charge is 0.355 e. The lowest BCUT2D eigenvalue weighted by Crippen LogP contribution is -2.57. The Morgan fingerprint density at radius 2 is 1.83 bits per heavy atom. The van der Waals surface area contributed by atoms with Crippen molar-refractivity contribution in [1.29, 1.82) is 0 Å². The van der Waals surface area contributed by atoms with Crippen LogP contribution in [0.1, 0.15) is 111 Å². The van der Waals surface area contributed by atoms with Gasteiger partial charge in [0.2, 0.25) is 17.7 Å². The number of carbonyl (C=O) groups is 4. The number of rotatable bonds is 13. The van der Waals surface area contributed by atoms with Gasteiger partial charge in [0.25, 0.3) is 5.91 Å². The molecule has 59 heavy (non-hydrogen) atoms. The summed E-state index contributed by atoms with van der Waals surface area (Å²) in [7, 11) is -4.44. The van der Waals surface area contributed by atoms with Gasteiger partial charge in [0, 0.05) is 41.1 Å². The van der Waals surface area contributed by atoms with Gasteiger partial charge in [-0.05, 0) is 111 Å². The summed E-state index contributed by atoms with van der Waals surface area (Å²) >= 11 is 1.20. The first-order valence-electron chi connectivity index (χ1n) is 20.8. The summed E-state index contributed by atoms with van der Waals surface area (Å²) in [6.45, 7) is 4.07. The number of likely N-dealkylation sites (tertiary alicyclic amines) is 1. The number of carbonyl (C=O) groups excluding carboxylic acids is 4. The summed E-state index contributed by atoms with van der Waals surface area (Å²) in [6, 6.07) is 15.9. The second-order valence-corrected chi connectivity index (χ2v) is 19.6. The van der Waals surface area contributed by atoms with E-state index >= 15 is 4.39 Å². The maximum atomic E-state index is 16.5. The standard InChI is InChI=1S/C44H51FN5O7PS/c1-3-22-56-43(54)28(2)48-58(55,57-34-12-5-4-6-13-34)39(45)29-15-18-37-31(23-29)24-38(59-37)40(51)47-35-14-8-7-11-33-16-17-36(50(33)41(35)52)42(53)49-27-32(25-44(49)19-20-44)30-10-9-21-46-26-30/h4-6,9-10,12-13,15,18,21,23-24,26,28,32-33,35-36,39H,3,7-8,11,14,16-17,19-20,22,25,27H2,1-2H3,(H,47,51)(H,48,55)/t28-,32+,33-,35-,36-,39-,58?/m0/s1. The molecule has 1 unspecified atom stereocenters. The van der Waals surface area contributed by atoms with Gasteiger partial charge in [0.15, 0.2) is 0 Å². The van der Waals surface area contributed by atoms with E-state index < -0.39 is 43.4 Å². The molecule has 312 valence electrons. The molecule has 0 radical (unpaired) electrons. The molecule has 1 spiro atoms. The van der Waals surface area contributed by atoms with Crippen LogP contribution in [0, 0.1) is 0 Å². The van der Waals surface area contributed by atoms with Crippen molar-refractivity contribution in [3.05, 3.63) is 95.1 Å². The van der Waals surface area contributed by atoms with Crippen LogP contribution in [0.4, 0.5) is 4.39 Å². The van der Waals surface area contributed by atoms with Crippen LogP contribution in [0.2, 0.25) is 0 Å². The van der Waals surface area contributed by atoms with E-state index in [2.05, 4.69) is 26.4 Å². The molecular weight excluding hydrogens is 793 g/mol. The molecule has 3 saturated heterocycles. The molecular formula is C44H51FN5O7PS. The summed E-state index contributed by atoms with van der Waals surface area (Å²) in [6.07, 6.45) is 11.4. The van der Waals surface area contributed by atoms with Gasteiger partial charge in [-0.15, -0.1) is 11.3 Å². The summed E-state index contributed by atoms with van der Waals surface area (Å²) in [4.78, 5) is 63.9. The number of nitrogens with zero attached hydrogens (tertiary/aromatic N) is 3. The topological polar surface area (TPSA) is 147 Å². The molecule has 3 amide bonds. The van der Waals surface area contributed by atoms with Crippen LogP contribution in [0.5, 0.6) is 5.75 Å². The van der Waals surface area contributed by atoms with Crippen molar-refractivity contribution in [3.8, 4) is 5.75 Å². The Kier molecular flexibility index (Phi) is 11.9. The van der Waals surface area contributed by atoms with Gasteiger partial charge >= 0.3 is 13.5 Å². The van der Waals surface area contributed by atoms with Gasteiger partial charge in [0.1, 0.15) is 23.9 Å². The lowest BCUT2D eigenvalue weighted by atomic mass is 9.97. The molecule has 1 saturated carbocycles. The fraction of sp³-hybridized carbons (Fsp3) is 0.477. The first kappa shape index (κ1) is 41.1. The number of alkyl halides is 1. The SMILES string of the molecule is CCCOC(=O)[C@H](C)NP(=O)(Oc1ccccc1)[C@H](F)c1ccc2sc(C(=O)N[C@H]3CCCC[C@H]4CC[C@@H](C(=O)N5C[C@H](c6cccnc6)CC56CC6)N4C3=O)cc2c1. The number of aromatic nitrogens is 1. The van der Waals surface area contributed by atoms with Crippen molar-refractivity contribution in [1.82, 2.24) is 25.2 Å². The molecule has 2 aromatic carbocycles. The van der Waals surface area contributed by atoms with E-state index in [1.54, 1.807) is 53.6 Å². The van der Waals surface area contributed by atoms with Crippen molar-refractivity contribution >= 4 is 52.6 Å². The number of nitrogens with one attached hydrogen (secondary N) is 2. The Balaban J connectivity index is 0.980. The van der Waals surface area contributed by atoms with Crippen LogP contribution >= 0.6 is 18.9 Å². The van der Waals surface area contributed by atoms with E-state index in [1.807, 2.05) is 19.2 Å². The van der Waals surface area contributed by atoms with E-state index in [1.165, 1.54) is 30.4 Å². The number of thiophene rings is 1. The first-order chi connectivity index (χ1) is 28.5. The Hall–Kier alpha value is -4.65. The lowest BCUT2D eigenvalue weighted by molar-refractivity contribution is -0.148. The Morgan fingerprint density at radius 3 is 2.58 bits per heavy atom. The average Bonchev–Trinajstić information content (AvgIpc) is 3.53. The van der Waals surface area contributed by atoms with Gasteiger partial charge in [0.05, 0.1) is 11.5 Å². The van der Waals surface area contributed by atoms with Crippen molar-refractivity contribution in [2.75, 3.05) is 13.2 Å². The van der Waals surface area contributed by atoms with Crippen LogP contribution < -0.4 is 14.9 Å². The second-order valence-electron chi connectivity index (χ2n) is 16.4. The second kappa shape index (κ2) is 17.1.